The first-order valence-electron chi connectivity index (χ1n) is 10.7. The lowest BCUT2D eigenvalue weighted by Crippen LogP contribution is -2.50. The van der Waals surface area contributed by atoms with Crippen molar-refractivity contribution in [1.82, 2.24) is 20.4 Å². The van der Waals surface area contributed by atoms with Gasteiger partial charge in [0.1, 0.15) is 0 Å². The van der Waals surface area contributed by atoms with Crippen molar-refractivity contribution in [3.05, 3.63) is 23.8 Å². The molecule has 2 N–H and O–H groups in total. The van der Waals surface area contributed by atoms with Crippen molar-refractivity contribution in [2.24, 2.45) is 4.99 Å². The van der Waals surface area contributed by atoms with Crippen LogP contribution in [0.15, 0.2) is 23.2 Å². The van der Waals surface area contributed by atoms with Crippen molar-refractivity contribution in [1.29, 1.82) is 0 Å². The fraction of sp³-hybridized carbons (Fsp3) is 0.636. The number of benzene rings is 1. The Labute approximate surface area is 185 Å². The highest BCUT2D eigenvalue weighted by molar-refractivity contribution is 5.80. The van der Waals surface area contributed by atoms with Gasteiger partial charge < -0.3 is 34.6 Å². The predicted molar refractivity (Wildman–Crippen MR) is 122 cm³/mol. The molecule has 1 atom stereocenters. The fourth-order valence-corrected chi connectivity index (χ4v) is 3.66. The van der Waals surface area contributed by atoms with Gasteiger partial charge in [0.2, 0.25) is 0 Å². The molecule has 0 aromatic heterocycles. The zero-order valence-electron chi connectivity index (χ0n) is 19.6. The van der Waals surface area contributed by atoms with Gasteiger partial charge in [-0.3, -0.25) is 4.99 Å². The number of carbonyl (C=O) groups excluding carboxylic acids is 1. The van der Waals surface area contributed by atoms with Crippen LogP contribution in [0.5, 0.6) is 11.5 Å². The van der Waals surface area contributed by atoms with E-state index in [1.807, 2.05) is 33.2 Å². The summed E-state index contributed by atoms with van der Waals surface area (Å²) in [4.78, 5) is 20.2. The van der Waals surface area contributed by atoms with E-state index in [0.29, 0.717) is 37.7 Å². The van der Waals surface area contributed by atoms with Crippen LogP contribution in [0, 0.1) is 0 Å². The Bertz CT molecular complexity index is 733. The van der Waals surface area contributed by atoms with E-state index in [9.17, 15) is 4.79 Å². The molecule has 9 nitrogen and oxygen atoms in total. The largest absolute Gasteiger partial charge is 0.493 e. The van der Waals surface area contributed by atoms with E-state index in [2.05, 4.69) is 26.6 Å². The molecule has 1 aromatic carbocycles. The van der Waals surface area contributed by atoms with Crippen LogP contribution >= 0.6 is 0 Å². The highest BCUT2D eigenvalue weighted by Gasteiger charge is 2.24. The summed E-state index contributed by atoms with van der Waals surface area (Å²) in [6.07, 6.45) is 1.48. The molecule has 2 rings (SSSR count). The average molecular weight is 436 g/mol. The Morgan fingerprint density at radius 1 is 1.23 bits per heavy atom. The van der Waals surface area contributed by atoms with Gasteiger partial charge in [0.25, 0.3) is 0 Å². The quantitative estimate of drug-likeness (QED) is 0.478. The Kier molecular flexibility index (Phi) is 9.71. The first kappa shape index (κ1) is 24.6. The van der Waals surface area contributed by atoms with E-state index in [-0.39, 0.29) is 18.2 Å². The van der Waals surface area contributed by atoms with E-state index >= 15 is 0 Å². The summed E-state index contributed by atoms with van der Waals surface area (Å²) in [6.45, 7) is 4.26. The number of methoxy groups -OCH3 is 2. The van der Waals surface area contributed by atoms with Gasteiger partial charge >= 0.3 is 6.09 Å². The second kappa shape index (κ2) is 12.2. The Hall–Kier alpha value is -2.68. The summed E-state index contributed by atoms with van der Waals surface area (Å²) in [6, 6.07) is 6.36. The minimum atomic E-state index is -0.229. The van der Waals surface area contributed by atoms with Crippen LogP contribution in [0.2, 0.25) is 0 Å². The molecule has 0 bridgehead atoms. The molecule has 1 amide bonds. The number of ether oxygens (including phenoxy) is 3. The number of piperidine rings is 1. The maximum absolute atomic E-state index is 11.9. The molecule has 0 saturated carbocycles. The van der Waals surface area contributed by atoms with Crippen molar-refractivity contribution < 1.29 is 19.0 Å². The van der Waals surface area contributed by atoms with Crippen molar-refractivity contribution >= 4 is 12.1 Å². The van der Waals surface area contributed by atoms with Gasteiger partial charge in [-0.1, -0.05) is 6.07 Å². The van der Waals surface area contributed by atoms with Crippen molar-refractivity contribution in [3.8, 4) is 11.5 Å². The number of hydrogen-bond donors (Lipinski definition) is 2. The van der Waals surface area contributed by atoms with Gasteiger partial charge in [-0.25, -0.2) is 4.79 Å². The molecule has 0 aliphatic carbocycles. The Balaban J connectivity index is 1.93. The molecular weight excluding hydrogens is 398 g/mol. The molecule has 1 heterocycles. The predicted octanol–water partition coefficient (Wildman–Crippen LogP) is 2.09. The number of likely N-dealkylation sites (N-methyl/N-ethyl adjacent to an activating group) is 1. The molecule has 0 spiro atoms. The van der Waals surface area contributed by atoms with Crippen LogP contribution in [0.1, 0.15) is 31.4 Å². The third-order valence-electron chi connectivity index (χ3n) is 5.46. The van der Waals surface area contributed by atoms with E-state index in [1.54, 1.807) is 26.2 Å². The lowest BCUT2D eigenvalue weighted by molar-refractivity contribution is 0.0963. The van der Waals surface area contributed by atoms with Crippen LogP contribution in [0.4, 0.5) is 4.79 Å². The summed E-state index contributed by atoms with van der Waals surface area (Å²) in [5.74, 6) is 2.17. The standard InChI is InChI=1S/C22H37N5O4/c1-7-31-22(28)27-12-10-17(11-13-27)25-21(23-2)24-15-18(26(3)4)16-8-9-19(29-5)20(14-16)30-6/h8-9,14,17-18H,7,10-13,15H2,1-6H3,(H2,23,24,25). The van der Waals surface area contributed by atoms with E-state index in [0.717, 1.165) is 24.4 Å². The zero-order chi connectivity index (χ0) is 22.8. The molecule has 1 saturated heterocycles. The van der Waals surface area contributed by atoms with Crippen LogP contribution in [0.25, 0.3) is 0 Å². The average Bonchev–Trinajstić information content (AvgIpc) is 2.78. The summed E-state index contributed by atoms with van der Waals surface area (Å²) in [5, 5.41) is 6.92. The molecule has 1 fully saturated rings. The summed E-state index contributed by atoms with van der Waals surface area (Å²) < 4.78 is 15.9. The molecule has 9 heteroatoms. The zero-order valence-corrected chi connectivity index (χ0v) is 19.6. The number of rotatable bonds is 8. The third-order valence-corrected chi connectivity index (χ3v) is 5.46. The second-order valence-corrected chi connectivity index (χ2v) is 7.65. The number of nitrogens with zero attached hydrogens (tertiary/aromatic N) is 3. The van der Waals surface area contributed by atoms with Gasteiger partial charge in [0.15, 0.2) is 17.5 Å². The Morgan fingerprint density at radius 2 is 1.90 bits per heavy atom. The lowest BCUT2D eigenvalue weighted by atomic mass is 10.0. The van der Waals surface area contributed by atoms with Crippen molar-refractivity contribution in [2.45, 2.75) is 31.8 Å². The number of guanidine groups is 1. The van der Waals surface area contributed by atoms with Gasteiger partial charge in [-0.15, -0.1) is 0 Å². The van der Waals surface area contributed by atoms with Gasteiger partial charge in [-0.2, -0.15) is 0 Å². The van der Waals surface area contributed by atoms with Crippen LogP contribution in [-0.4, -0.2) is 89.5 Å². The van der Waals surface area contributed by atoms with Crippen LogP contribution < -0.4 is 20.1 Å². The highest BCUT2D eigenvalue weighted by Crippen LogP contribution is 2.31. The minimum absolute atomic E-state index is 0.115. The number of likely N-dealkylation sites (tertiary alicyclic amines) is 1. The summed E-state index contributed by atoms with van der Waals surface area (Å²) in [7, 11) is 9.14. The fourth-order valence-electron chi connectivity index (χ4n) is 3.66. The van der Waals surface area contributed by atoms with Crippen LogP contribution in [0.3, 0.4) is 0 Å². The second-order valence-electron chi connectivity index (χ2n) is 7.65. The third kappa shape index (κ3) is 6.92. The molecule has 1 aliphatic heterocycles. The first-order valence-corrected chi connectivity index (χ1v) is 10.7. The SMILES string of the molecule is CCOC(=O)N1CCC(NC(=NC)NCC(c2ccc(OC)c(OC)c2)N(C)C)CC1. The van der Waals surface area contributed by atoms with E-state index in [4.69, 9.17) is 14.2 Å². The highest BCUT2D eigenvalue weighted by atomic mass is 16.6. The number of hydrogen-bond acceptors (Lipinski definition) is 6. The summed E-state index contributed by atoms with van der Waals surface area (Å²) >= 11 is 0. The van der Waals surface area contributed by atoms with E-state index < -0.39 is 0 Å². The summed E-state index contributed by atoms with van der Waals surface area (Å²) in [5.41, 5.74) is 1.12. The number of aliphatic imine (C=N–C) groups is 1. The normalized spacial score (nSPS) is 16.1. The van der Waals surface area contributed by atoms with E-state index in [1.165, 1.54) is 0 Å². The molecule has 1 aliphatic rings. The topological polar surface area (TPSA) is 87.7 Å². The Morgan fingerprint density at radius 3 is 2.45 bits per heavy atom. The number of amides is 1. The molecular formula is C22H37N5O4. The number of nitrogens with one attached hydrogen (secondary N) is 2. The van der Waals surface area contributed by atoms with Gasteiger partial charge in [-0.05, 0) is 51.6 Å². The molecule has 1 unspecified atom stereocenters. The molecule has 174 valence electrons. The molecule has 1 aromatic rings. The molecule has 0 radical (unpaired) electrons. The monoisotopic (exact) mass is 435 g/mol. The maximum atomic E-state index is 11.9. The van der Waals surface area contributed by atoms with Crippen molar-refractivity contribution in [3.63, 3.8) is 0 Å². The minimum Gasteiger partial charge on any atom is -0.493 e. The van der Waals surface area contributed by atoms with Crippen molar-refractivity contribution in [2.75, 3.05) is 61.6 Å². The molecule has 31 heavy (non-hydrogen) atoms. The van der Waals surface area contributed by atoms with Crippen LogP contribution in [-0.2, 0) is 4.74 Å². The first-order chi connectivity index (χ1) is 14.9. The lowest BCUT2D eigenvalue weighted by Gasteiger charge is -2.33. The van der Waals surface area contributed by atoms with Gasteiger partial charge in [0.05, 0.1) is 26.9 Å². The van der Waals surface area contributed by atoms with Gasteiger partial charge in [0, 0.05) is 32.7 Å². The smallest absolute Gasteiger partial charge is 0.409 e. The maximum Gasteiger partial charge on any atom is 0.409 e. The number of carbonyl (C=O) groups is 1.